The van der Waals surface area contributed by atoms with E-state index < -0.39 is 47.0 Å². The van der Waals surface area contributed by atoms with Gasteiger partial charge in [-0.3, -0.25) is 14.4 Å². The highest BCUT2D eigenvalue weighted by Gasteiger charge is 2.29. The van der Waals surface area contributed by atoms with Gasteiger partial charge in [-0.2, -0.15) is 0 Å². The minimum Gasteiger partial charge on any atom is -0.458 e. The molecule has 0 radical (unpaired) electrons. The van der Waals surface area contributed by atoms with Crippen molar-refractivity contribution >= 4 is 24.1 Å². The molecule has 2 N–H and O–H groups in total. The minimum absolute atomic E-state index is 0.0407. The smallest absolute Gasteiger partial charge is 0.458 e. The van der Waals surface area contributed by atoms with E-state index in [1.165, 1.54) is 12.1 Å². The summed E-state index contributed by atoms with van der Waals surface area (Å²) in [5.41, 5.74) is 5.01. The average molecular weight is 524 g/mol. The first-order chi connectivity index (χ1) is 17.0. The van der Waals surface area contributed by atoms with Crippen LogP contribution in [0.4, 0.5) is 4.79 Å². The van der Waals surface area contributed by atoms with Crippen molar-refractivity contribution in [2.45, 2.75) is 86.8 Å². The van der Waals surface area contributed by atoms with Crippen LogP contribution in [0.3, 0.4) is 0 Å². The van der Waals surface area contributed by atoms with Crippen LogP contribution in [0.15, 0.2) is 18.2 Å². The van der Waals surface area contributed by atoms with E-state index in [4.69, 9.17) is 29.4 Å². The third kappa shape index (κ3) is 11.6. The third-order valence-corrected chi connectivity index (χ3v) is 4.87. The van der Waals surface area contributed by atoms with Gasteiger partial charge < -0.3 is 29.4 Å². The fourth-order valence-electron chi connectivity index (χ4n) is 2.53. The highest BCUT2D eigenvalue weighted by atomic mass is 16.7. The molecule has 0 aromatic heterocycles. The summed E-state index contributed by atoms with van der Waals surface area (Å²) in [4.78, 5) is 48.9. The highest BCUT2D eigenvalue weighted by molar-refractivity contribution is 5.81. The van der Waals surface area contributed by atoms with Gasteiger partial charge in [0.1, 0.15) is 18.8 Å². The summed E-state index contributed by atoms with van der Waals surface area (Å²) in [7, 11) is 0. The van der Waals surface area contributed by atoms with Gasteiger partial charge >= 0.3 is 24.1 Å². The Balaban J connectivity index is 2.87. The van der Waals surface area contributed by atoms with Crippen LogP contribution in [0.1, 0.15) is 73.8 Å². The standard InChI is InChI=1S/C27H41NO9/c1-9-10-13-33-25(32)34-16-17(2)35-22(29)19(28)14-18-11-12-20(36-23(30)26(3,4)5)21(15-18)37-24(31)27(6,7)8/h11-12,15,17,19H,9-10,13-14,16,28H2,1-8H3/t17-,19-/m0/s1. The van der Waals surface area contributed by atoms with E-state index in [1.54, 1.807) is 54.5 Å². The van der Waals surface area contributed by atoms with Crippen molar-refractivity contribution < 1.29 is 42.9 Å². The normalized spacial score (nSPS) is 13.2. The molecule has 0 saturated heterocycles. The van der Waals surface area contributed by atoms with Crippen LogP contribution in [0.5, 0.6) is 11.5 Å². The molecule has 2 atom stereocenters. The molecule has 0 saturated carbocycles. The second-order valence-corrected chi connectivity index (χ2v) is 10.9. The Morgan fingerprint density at radius 3 is 2.00 bits per heavy atom. The molecule has 208 valence electrons. The lowest BCUT2D eigenvalue weighted by Crippen LogP contribution is -2.37. The van der Waals surface area contributed by atoms with E-state index in [9.17, 15) is 19.2 Å². The molecule has 0 aliphatic rings. The molecular weight excluding hydrogens is 482 g/mol. The fraction of sp³-hybridized carbons (Fsp3) is 0.630. The molecule has 0 amide bonds. The number of nitrogens with two attached hydrogens (primary N) is 1. The summed E-state index contributed by atoms with van der Waals surface area (Å²) in [6.45, 7) is 13.8. The molecule has 0 fully saturated rings. The summed E-state index contributed by atoms with van der Waals surface area (Å²) >= 11 is 0. The molecule has 0 aliphatic carbocycles. The monoisotopic (exact) mass is 523 g/mol. The van der Waals surface area contributed by atoms with E-state index in [-0.39, 0.29) is 31.1 Å². The Morgan fingerprint density at radius 2 is 1.46 bits per heavy atom. The Kier molecular flexibility index (Phi) is 12.0. The maximum absolute atomic E-state index is 12.5. The Morgan fingerprint density at radius 1 is 0.892 bits per heavy atom. The van der Waals surface area contributed by atoms with Crippen molar-refractivity contribution in [3.8, 4) is 11.5 Å². The van der Waals surface area contributed by atoms with Gasteiger partial charge in [0.2, 0.25) is 0 Å². The number of ether oxygens (including phenoxy) is 5. The zero-order valence-corrected chi connectivity index (χ0v) is 23.2. The summed E-state index contributed by atoms with van der Waals surface area (Å²) in [5.74, 6) is -1.61. The summed E-state index contributed by atoms with van der Waals surface area (Å²) in [5, 5.41) is 0. The molecule has 37 heavy (non-hydrogen) atoms. The molecule has 10 nitrogen and oxygen atoms in total. The highest BCUT2D eigenvalue weighted by Crippen LogP contribution is 2.33. The van der Waals surface area contributed by atoms with E-state index in [0.717, 1.165) is 12.8 Å². The average Bonchev–Trinajstić information content (AvgIpc) is 2.78. The predicted octanol–water partition coefficient (Wildman–Crippen LogP) is 4.34. The number of esters is 3. The lowest BCUT2D eigenvalue weighted by atomic mass is 9.97. The van der Waals surface area contributed by atoms with E-state index in [2.05, 4.69) is 0 Å². The summed E-state index contributed by atoms with van der Waals surface area (Å²) < 4.78 is 26.1. The summed E-state index contributed by atoms with van der Waals surface area (Å²) in [6.07, 6.45) is 0.0970. The fourth-order valence-corrected chi connectivity index (χ4v) is 2.53. The zero-order chi connectivity index (χ0) is 28.4. The number of rotatable bonds is 11. The molecule has 1 aromatic carbocycles. The molecule has 0 aliphatic heterocycles. The van der Waals surface area contributed by atoms with Gasteiger partial charge in [-0.05, 0) is 79.0 Å². The number of unbranched alkanes of at least 4 members (excludes halogenated alkanes) is 1. The number of carbonyl (C=O) groups is 4. The van der Waals surface area contributed by atoms with Crippen molar-refractivity contribution in [2.24, 2.45) is 16.6 Å². The first kappa shape index (κ1) is 31.9. The van der Waals surface area contributed by atoms with E-state index in [1.807, 2.05) is 6.92 Å². The minimum atomic E-state index is -1.05. The maximum atomic E-state index is 12.5. The molecule has 0 unspecified atom stereocenters. The molecular formula is C27H41NO9. The molecule has 10 heteroatoms. The lowest BCUT2D eigenvalue weighted by molar-refractivity contribution is -0.152. The van der Waals surface area contributed by atoms with Crippen molar-refractivity contribution in [2.75, 3.05) is 13.2 Å². The van der Waals surface area contributed by atoms with Gasteiger partial charge in [-0.1, -0.05) is 19.4 Å². The van der Waals surface area contributed by atoms with Crippen LogP contribution in [0.2, 0.25) is 0 Å². The van der Waals surface area contributed by atoms with Crippen molar-refractivity contribution in [1.29, 1.82) is 0 Å². The second kappa shape index (κ2) is 14.0. The van der Waals surface area contributed by atoms with Gasteiger partial charge in [0.05, 0.1) is 17.4 Å². The van der Waals surface area contributed by atoms with Gasteiger partial charge in [0, 0.05) is 0 Å². The van der Waals surface area contributed by atoms with Crippen LogP contribution >= 0.6 is 0 Å². The van der Waals surface area contributed by atoms with Crippen LogP contribution in [-0.4, -0.2) is 49.4 Å². The molecule has 1 aromatic rings. The largest absolute Gasteiger partial charge is 0.508 e. The molecule has 1 rings (SSSR count). The number of carbonyl (C=O) groups excluding carboxylic acids is 4. The van der Waals surface area contributed by atoms with Crippen LogP contribution in [0.25, 0.3) is 0 Å². The van der Waals surface area contributed by atoms with Crippen molar-refractivity contribution in [3.05, 3.63) is 23.8 Å². The first-order valence-corrected chi connectivity index (χ1v) is 12.4. The maximum Gasteiger partial charge on any atom is 0.508 e. The van der Waals surface area contributed by atoms with Gasteiger partial charge in [0.25, 0.3) is 0 Å². The number of hydrogen-bond donors (Lipinski definition) is 1. The van der Waals surface area contributed by atoms with Crippen molar-refractivity contribution in [1.82, 2.24) is 0 Å². The second-order valence-electron chi connectivity index (χ2n) is 10.9. The Bertz CT molecular complexity index is 944. The third-order valence-electron chi connectivity index (χ3n) is 4.87. The molecule has 0 bridgehead atoms. The zero-order valence-electron chi connectivity index (χ0n) is 23.2. The topological polar surface area (TPSA) is 140 Å². The SMILES string of the molecule is CCCCOC(=O)OC[C@H](C)OC(=O)[C@@H](N)Cc1ccc(OC(=O)C(C)(C)C)c(OC(=O)C(C)(C)C)c1. The molecule has 0 spiro atoms. The van der Waals surface area contributed by atoms with E-state index in [0.29, 0.717) is 5.56 Å². The summed E-state index contributed by atoms with van der Waals surface area (Å²) in [6, 6.07) is 3.56. The number of hydrogen-bond acceptors (Lipinski definition) is 10. The molecule has 0 heterocycles. The quantitative estimate of drug-likeness (QED) is 0.253. The predicted molar refractivity (Wildman–Crippen MR) is 136 cm³/mol. The lowest BCUT2D eigenvalue weighted by Gasteiger charge is -2.21. The van der Waals surface area contributed by atoms with Gasteiger partial charge in [-0.15, -0.1) is 0 Å². The van der Waals surface area contributed by atoms with Gasteiger partial charge in [-0.25, -0.2) is 4.79 Å². The van der Waals surface area contributed by atoms with Crippen LogP contribution < -0.4 is 15.2 Å². The van der Waals surface area contributed by atoms with Crippen LogP contribution in [-0.2, 0) is 35.0 Å². The Hall–Kier alpha value is -3.14. The Labute approximate surface area is 219 Å². The number of benzene rings is 1. The van der Waals surface area contributed by atoms with Crippen molar-refractivity contribution in [3.63, 3.8) is 0 Å². The van der Waals surface area contributed by atoms with Gasteiger partial charge in [0.15, 0.2) is 11.5 Å². The van der Waals surface area contributed by atoms with Crippen LogP contribution in [0, 0.1) is 10.8 Å². The van der Waals surface area contributed by atoms with E-state index >= 15 is 0 Å². The first-order valence-electron chi connectivity index (χ1n) is 12.4.